The van der Waals surface area contributed by atoms with Gasteiger partial charge in [-0.1, -0.05) is 0 Å². The molecule has 0 aliphatic heterocycles. The molecule has 2 rings (SSSR count). The van der Waals surface area contributed by atoms with Gasteiger partial charge in [0.05, 0.1) is 16.2 Å². The van der Waals surface area contributed by atoms with E-state index in [4.69, 9.17) is 0 Å². The highest BCUT2D eigenvalue weighted by atomic mass is 79.9. The second kappa shape index (κ2) is 4.85. The van der Waals surface area contributed by atoms with E-state index in [-0.39, 0.29) is 10.0 Å². The summed E-state index contributed by atoms with van der Waals surface area (Å²) in [6.45, 7) is 0. The van der Waals surface area contributed by atoms with E-state index in [2.05, 4.69) is 26.1 Å². The first-order valence-corrected chi connectivity index (χ1v) is 5.48. The molecule has 3 nitrogen and oxygen atoms in total. The molecule has 0 aliphatic carbocycles. The van der Waals surface area contributed by atoms with Crippen LogP contribution in [0.4, 0.5) is 8.78 Å². The second-order valence-corrected chi connectivity index (χ2v) is 4.19. The highest BCUT2D eigenvalue weighted by Gasteiger charge is 2.21. The molecule has 17 heavy (non-hydrogen) atoms. The van der Waals surface area contributed by atoms with Crippen LogP contribution in [-0.2, 0) is 0 Å². The fourth-order valence-corrected chi connectivity index (χ4v) is 1.77. The average Bonchev–Trinajstić information content (AvgIpc) is 2.35. The molecule has 1 atom stereocenters. The summed E-state index contributed by atoms with van der Waals surface area (Å²) in [7, 11) is 0. The molecular formula is C11H7BrF2N2O. The topological polar surface area (TPSA) is 46.0 Å². The maximum atomic E-state index is 13.7. The van der Waals surface area contributed by atoms with Crippen molar-refractivity contribution in [2.75, 3.05) is 0 Å². The largest absolute Gasteiger partial charge is 0.383 e. The van der Waals surface area contributed by atoms with E-state index >= 15 is 0 Å². The summed E-state index contributed by atoms with van der Waals surface area (Å²) in [5.41, 5.74) is -0.136. The summed E-state index contributed by atoms with van der Waals surface area (Å²) in [6.07, 6.45) is 1.18. The molecular weight excluding hydrogens is 294 g/mol. The lowest BCUT2D eigenvalue weighted by Gasteiger charge is -2.13. The molecule has 0 radical (unpaired) electrons. The van der Waals surface area contributed by atoms with Gasteiger partial charge in [0.25, 0.3) is 0 Å². The van der Waals surface area contributed by atoms with Crippen LogP contribution < -0.4 is 0 Å². The van der Waals surface area contributed by atoms with Gasteiger partial charge in [0.1, 0.15) is 17.7 Å². The standard InChI is InChI=1S/C11H7BrF2N2O/c12-7-1-2-8(13)9(10(7)14)11(17)6-3-4-15-16-5-6/h1-5,11,17H. The van der Waals surface area contributed by atoms with Crippen LogP contribution in [0, 0.1) is 11.6 Å². The van der Waals surface area contributed by atoms with E-state index in [1.807, 2.05) is 0 Å². The molecule has 2 aromatic rings. The van der Waals surface area contributed by atoms with E-state index in [0.717, 1.165) is 6.07 Å². The van der Waals surface area contributed by atoms with Gasteiger partial charge in [-0.3, -0.25) is 0 Å². The molecule has 1 N–H and O–H groups in total. The van der Waals surface area contributed by atoms with Crippen molar-refractivity contribution in [3.8, 4) is 0 Å². The van der Waals surface area contributed by atoms with E-state index < -0.39 is 23.3 Å². The van der Waals surface area contributed by atoms with Crippen LogP contribution in [0.3, 0.4) is 0 Å². The lowest BCUT2D eigenvalue weighted by atomic mass is 10.0. The van der Waals surface area contributed by atoms with Crippen molar-refractivity contribution in [3.05, 3.63) is 57.8 Å². The van der Waals surface area contributed by atoms with E-state index in [1.165, 1.54) is 24.5 Å². The van der Waals surface area contributed by atoms with Gasteiger partial charge in [-0.25, -0.2) is 8.78 Å². The Balaban J connectivity index is 2.51. The number of benzene rings is 1. The minimum Gasteiger partial charge on any atom is -0.383 e. The highest BCUT2D eigenvalue weighted by Crippen LogP contribution is 2.30. The van der Waals surface area contributed by atoms with Gasteiger partial charge in [0.15, 0.2) is 0 Å². The molecule has 0 aliphatic rings. The number of aliphatic hydroxyl groups is 1. The Morgan fingerprint density at radius 3 is 2.59 bits per heavy atom. The molecule has 0 bridgehead atoms. The van der Waals surface area contributed by atoms with Crippen LogP contribution in [0.2, 0.25) is 0 Å². The zero-order valence-corrected chi connectivity index (χ0v) is 10.0. The summed E-state index contributed by atoms with van der Waals surface area (Å²) < 4.78 is 27.3. The zero-order valence-electron chi connectivity index (χ0n) is 8.44. The van der Waals surface area contributed by atoms with Crippen molar-refractivity contribution in [2.24, 2.45) is 0 Å². The van der Waals surface area contributed by atoms with Gasteiger partial charge < -0.3 is 5.11 Å². The first-order chi connectivity index (χ1) is 8.11. The quantitative estimate of drug-likeness (QED) is 0.867. The molecule has 0 saturated heterocycles. The van der Waals surface area contributed by atoms with Gasteiger partial charge in [-0.15, -0.1) is 0 Å². The summed E-state index contributed by atoms with van der Waals surface area (Å²) >= 11 is 2.94. The van der Waals surface area contributed by atoms with Crippen LogP contribution >= 0.6 is 15.9 Å². The van der Waals surface area contributed by atoms with Crippen molar-refractivity contribution in [3.63, 3.8) is 0 Å². The SMILES string of the molecule is OC(c1ccnnc1)c1c(F)ccc(Br)c1F. The van der Waals surface area contributed by atoms with Crippen LogP contribution in [-0.4, -0.2) is 15.3 Å². The summed E-state index contributed by atoms with van der Waals surface area (Å²) in [4.78, 5) is 0. The Morgan fingerprint density at radius 2 is 1.94 bits per heavy atom. The van der Waals surface area contributed by atoms with Gasteiger partial charge in [0.2, 0.25) is 0 Å². The van der Waals surface area contributed by atoms with Crippen molar-refractivity contribution in [1.29, 1.82) is 0 Å². The summed E-state index contributed by atoms with van der Waals surface area (Å²) in [5.74, 6) is -1.63. The molecule has 1 heterocycles. The number of rotatable bonds is 2. The zero-order chi connectivity index (χ0) is 12.4. The first-order valence-electron chi connectivity index (χ1n) is 4.69. The predicted octanol–water partition coefficient (Wildman–Crippen LogP) is 2.60. The first kappa shape index (κ1) is 12.1. The third-order valence-electron chi connectivity index (χ3n) is 2.28. The number of hydrogen-bond acceptors (Lipinski definition) is 3. The predicted molar refractivity (Wildman–Crippen MR) is 60.2 cm³/mol. The van der Waals surface area contributed by atoms with Crippen molar-refractivity contribution >= 4 is 15.9 Å². The molecule has 6 heteroatoms. The third kappa shape index (κ3) is 2.32. The van der Waals surface area contributed by atoms with Crippen LogP contribution in [0.5, 0.6) is 0 Å². The summed E-state index contributed by atoms with van der Waals surface area (Å²) in [6, 6.07) is 3.77. The minimum absolute atomic E-state index is 0.0926. The molecule has 0 spiro atoms. The number of halogens is 3. The van der Waals surface area contributed by atoms with Crippen molar-refractivity contribution in [1.82, 2.24) is 10.2 Å². The number of hydrogen-bond donors (Lipinski definition) is 1. The molecule has 1 aromatic carbocycles. The summed E-state index contributed by atoms with van der Waals surface area (Å²) in [5, 5.41) is 17.0. The maximum absolute atomic E-state index is 13.7. The lowest BCUT2D eigenvalue weighted by Crippen LogP contribution is -2.07. The van der Waals surface area contributed by atoms with E-state index in [1.54, 1.807) is 0 Å². The van der Waals surface area contributed by atoms with Gasteiger partial charge in [0, 0.05) is 11.8 Å². The second-order valence-electron chi connectivity index (χ2n) is 3.34. The maximum Gasteiger partial charge on any atom is 0.146 e. The Kier molecular flexibility index (Phi) is 3.44. The highest BCUT2D eigenvalue weighted by molar-refractivity contribution is 9.10. The van der Waals surface area contributed by atoms with Gasteiger partial charge in [-0.2, -0.15) is 10.2 Å². The number of aromatic nitrogens is 2. The fourth-order valence-electron chi connectivity index (χ4n) is 1.42. The molecule has 0 amide bonds. The van der Waals surface area contributed by atoms with Crippen LogP contribution in [0.25, 0.3) is 0 Å². The monoisotopic (exact) mass is 300 g/mol. The number of nitrogens with zero attached hydrogens (tertiary/aromatic N) is 2. The average molecular weight is 301 g/mol. The molecule has 88 valence electrons. The van der Waals surface area contributed by atoms with Crippen molar-refractivity contribution < 1.29 is 13.9 Å². The van der Waals surface area contributed by atoms with E-state index in [0.29, 0.717) is 0 Å². The molecule has 1 unspecified atom stereocenters. The smallest absolute Gasteiger partial charge is 0.146 e. The Labute approximate surface area is 104 Å². The Morgan fingerprint density at radius 1 is 1.18 bits per heavy atom. The minimum atomic E-state index is -1.41. The fraction of sp³-hybridized carbons (Fsp3) is 0.0909. The van der Waals surface area contributed by atoms with Crippen LogP contribution in [0.1, 0.15) is 17.2 Å². The Bertz CT molecular complexity index is 536. The van der Waals surface area contributed by atoms with E-state index in [9.17, 15) is 13.9 Å². The lowest BCUT2D eigenvalue weighted by molar-refractivity contribution is 0.208. The van der Waals surface area contributed by atoms with Gasteiger partial charge in [-0.05, 0) is 34.1 Å². The third-order valence-corrected chi connectivity index (χ3v) is 2.89. The molecule has 1 aromatic heterocycles. The number of aliphatic hydroxyl groups excluding tert-OH is 1. The molecule has 0 saturated carbocycles. The van der Waals surface area contributed by atoms with Crippen LogP contribution in [0.15, 0.2) is 35.1 Å². The van der Waals surface area contributed by atoms with Crippen molar-refractivity contribution in [2.45, 2.75) is 6.10 Å². The molecule has 0 fully saturated rings. The normalized spacial score (nSPS) is 12.5. The Hall–Kier alpha value is -1.40. The van der Waals surface area contributed by atoms with Gasteiger partial charge >= 0.3 is 0 Å².